The van der Waals surface area contributed by atoms with E-state index in [1.807, 2.05) is 18.2 Å². The number of hydrogen-bond donors (Lipinski definition) is 2. The minimum absolute atomic E-state index is 0.276. The van der Waals surface area contributed by atoms with Crippen LogP contribution < -0.4 is 15.5 Å². The second-order valence-corrected chi connectivity index (χ2v) is 7.26. The zero-order valence-electron chi connectivity index (χ0n) is 16.6. The van der Waals surface area contributed by atoms with Gasteiger partial charge in [0.15, 0.2) is 0 Å². The minimum Gasteiger partial charge on any atom is -0.372 e. The molecule has 4 rings (SSSR count). The first-order chi connectivity index (χ1) is 14.7. The van der Waals surface area contributed by atoms with Gasteiger partial charge in [-0.05, 0) is 67.8 Å². The monoisotopic (exact) mass is 397 g/mol. The number of nitrogens with one attached hydrogen (secondary N) is 2. The Balaban J connectivity index is 1.44. The molecule has 0 aliphatic carbocycles. The summed E-state index contributed by atoms with van der Waals surface area (Å²) in [5, 5.41) is 15.3. The van der Waals surface area contributed by atoms with Crippen molar-refractivity contribution in [3.63, 3.8) is 0 Å². The Bertz CT molecular complexity index is 1070. The van der Waals surface area contributed by atoms with E-state index < -0.39 is 0 Å². The van der Waals surface area contributed by atoms with Gasteiger partial charge in [0.1, 0.15) is 11.8 Å². The highest BCUT2D eigenvalue weighted by Crippen LogP contribution is 2.24. The topological polar surface area (TPSA) is 81.0 Å². The first-order valence-electron chi connectivity index (χ1n) is 10.1. The Morgan fingerprint density at radius 1 is 0.967 bits per heavy atom. The van der Waals surface area contributed by atoms with Crippen LogP contribution >= 0.6 is 0 Å². The molecule has 150 valence electrons. The van der Waals surface area contributed by atoms with Crippen molar-refractivity contribution in [1.29, 1.82) is 5.26 Å². The predicted molar refractivity (Wildman–Crippen MR) is 119 cm³/mol. The molecule has 30 heavy (non-hydrogen) atoms. The number of carbonyl (C=O) groups excluding carboxylic acids is 1. The molecule has 1 aromatic heterocycles. The van der Waals surface area contributed by atoms with Crippen molar-refractivity contribution in [2.75, 3.05) is 28.6 Å². The molecule has 0 atom stereocenters. The van der Waals surface area contributed by atoms with E-state index in [9.17, 15) is 10.1 Å². The van der Waals surface area contributed by atoms with Gasteiger partial charge in [0.2, 0.25) is 0 Å². The first-order valence-corrected chi connectivity index (χ1v) is 10.1. The summed E-state index contributed by atoms with van der Waals surface area (Å²) in [4.78, 5) is 19.2. The summed E-state index contributed by atoms with van der Waals surface area (Å²) in [6.45, 7) is 2.23. The lowest BCUT2D eigenvalue weighted by Crippen LogP contribution is -2.29. The molecule has 3 aromatic rings. The molecule has 2 N–H and O–H groups in total. The largest absolute Gasteiger partial charge is 0.372 e. The second kappa shape index (κ2) is 9.10. The molecule has 0 saturated carbocycles. The summed E-state index contributed by atoms with van der Waals surface area (Å²) in [5.74, 6) is -0.359. The van der Waals surface area contributed by atoms with Crippen LogP contribution in [-0.2, 0) is 0 Å². The Morgan fingerprint density at radius 2 is 1.73 bits per heavy atom. The molecular weight excluding hydrogens is 374 g/mol. The summed E-state index contributed by atoms with van der Waals surface area (Å²) >= 11 is 0. The fourth-order valence-electron chi connectivity index (χ4n) is 3.58. The maximum Gasteiger partial charge on any atom is 0.274 e. The molecule has 0 bridgehead atoms. The predicted octanol–water partition coefficient (Wildman–Crippen LogP) is 4.94. The number of para-hydroxylation sites is 1. The molecule has 1 saturated heterocycles. The lowest BCUT2D eigenvalue weighted by Gasteiger charge is -2.28. The third-order valence-electron chi connectivity index (χ3n) is 5.17. The van der Waals surface area contributed by atoms with Gasteiger partial charge in [0.05, 0.1) is 11.3 Å². The third kappa shape index (κ3) is 4.58. The van der Waals surface area contributed by atoms with Crippen LogP contribution in [0.15, 0.2) is 66.9 Å². The fourth-order valence-corrected chi connectivity index (χ4v) is 3.58. The van der Waals surface area contributed by atoms with Gasteiger partial charge in [0.25, 0.3) is 5.91 Å². The normalized spacial score (nSPS) is 13.4. The van der Waals surface area contributed by atoms with Crippen LogP contribution in [0.5, 0.6) is 0 Å². The number of pyridine rings is 1. The van der Waals surface area contributed by atoms with Crippen molar-refractivity contribution >= 4 is 28.7 Å². The average molecular weight is 397 g/mol. The quantitative estimate of drug-likeness (QED) is 0.637. The van der Waals surface area contributed by atoms with E-state index in [-0.39, 0.29) is 11.6 Å². The molecule has 0 spiro atoms. The molecule has 1 aliphatic rings. The number of amides is 1. The molecule has 0 radical (unpaired) electrons. The number of benzene rings is 2. The van der Waals surface area contributed by atoms with E-state index in [0.717, 1.165) is 24.5 Å². The Kier molecular flexibility index (Phi) is 5.90. The van der Waals surface area contributed by atoms with Crippen LogP contribution in [0.1, 0.15) is 35.3 Å². The van der Waals surface area contributed by atoms with Crippen molar-refractivity contribution in [3.05, 3.63) is 78.1 Å². The molecule has 1 fully saturated rings. The first kappa shape index (κ1) is 19.5. The zero-order chi connectivity index (χ0) is 20.8. The van der Waals surface area contributed by atoms with Gasteiger partial charge in [-0.25, -0.2) is 0 Å². The third-order valence-corrected chi connectivity index (χ3v) is 5.17. The van der Waals surface area contributed by atoms with Crippen molar-refractivity contribution in [2.24, 2.45) is 0 Å². The van der Waals surface area contributed by atoms with Crippen molar-refractivity contribution in [1.82, 2.24) is 4.98 Å². The molecule has 2 aromatic carbocycles. The number of hydrogen-bond acceptors (Lipinski definition) is 5. The van der Waals surface area contributed by atoms with Gasteiger partial charge >= 0.3 is 0 Å². The van der Waals surface area contributed by atoms with E-state index >= 15 is 0 Å². The van der Waals surface area contributed by atoms with Gasteiger partial charge < -0.3 is 15.5 Å². The molecule has 6 heteroatoms. The van der Waals surface area contributed by atoms with Crippen molar-refractivity contribution in [3.8, 4) is 6.07 Å². The lowest BCUT2D eigenvalue weighted by atomic mass is 10.1. The fraction of sp³-hybridized carbons (Fsp3) is 0.208. The maximum absolute atomic E-state index is 12.6. The van der Waals surface area contributed by atoms with E-state index in [1.54, 1.807) is 36.5 Å². The van der Waals surface area contributed by atoms with Gasteiger partial charge in [-0.1, -0.05) is 12.1 Å². The number of anilines is 4. The zero-order valence-corrected chi connectivity index (χ0v) is 16.6. The van der Waals surface area contributed by atoms with E-state index in [0.29, 0.717) is 11.3 Å². The number of nitriles is 1. The Labute approximate surface area is 176 Å². The highest BCUT2D eigenvalue weighted by atomic mass is 16.1. The average Bonchev–Trinajstić information content (AvgIpc) is 2.81. The van der Waals surface area contributed by atoms with Crippen LogP contribution in [0.3, 0.4) is 0 Å². The number of aromatic nitrogens is 1. The Morgan fingerprint density at radius 3 is 2.50 bits per heavy atom. The van der Waals surface area contributed by atoms with Gasteiger partial charge in [-0.3, -0.25) is 9.78 Å². The molecule has 1 amide bonds. The number of piperidine rings is 1. The smallest absolute Gasteiger partial charge is 0.274 e. The van der Waals surface area contributed by atoms with Crippen LogP contribution in [-0.4, -0.2) is 24.0 Å². The summed E-state index contributed by atoms with van der Waals surface area (Å²) in [6, 6.07) is 20.8. The van der Waals surface area contributed by atoms with Crippen LogP contribution in [0.4, 0.5) is 22.7 Å². The van der Waals surface area contributed by atoms with Crippen LogP contribution in [0.2, 0.25) is 0 Å². The SMILES string of the molecule is N#Cc1ccccc1NC(=O)c1cc(Nc2ccc(N3CCCCC3)cc2)ccn1. The summed E-state index contributed by atoms with van der Waals surface area (Å²) in [6.07, 6.45) is 5.41. The van der Waals surface area contributed by atoms with E-state index in [4.69, 9.17) is 0 Å². The Hall–Kier alpha value is -3.85. The summed E-state index contributed by atoms with van der Waals surface area (Å²) in [5.41, 5.74) is 4.12. The van der Waals surface area contributed by atoms with E-state index in [2.05, 4.69) is 38.7 Å². The van der Waals surface area contributed by atoms with Crippen molar-refractivity contribution < 1.29 is 4.79 Å². The van der Waals surface area contributed by atoms with E-state index in [1.165, 1.54) is 24.9 Å². The maximum atomic E-state index is 12.6. The van der Waals surface area contributed by atoms with Gasteiger partial charge in [-0.15, -0.1) is 0 Å². The molecule has 1 aliphatic heterocycles. The molecule has 6 nitrogen and oxygen atoms in total. The van der Waals surface area contributed by atoms with Crippen molar-refractivity contribution in [2.45, 2.75) is 19.3 Å². The van der Waals surface area contributed by atoms with Crippen LogP contribution in [0.25, 0.3) is 0 Å². The minimum atomic E-state index is -0.359. The molecular formula is C24H23N5O. The number of rotatable bonds is 5. The van der Waals surface area contributed by atoms with Crippen LogP contribution in [0, 0.1) is 11.3 Å². The molecule has 2 heterocycles. The highest BCUT2D eigenvalue weighted by molar-refractivity contribution is 6.04. The highest BCUT2D eigenvalue weighted by Gasteiger charge is 2.12. The number of nitrogens with zero attached hydrogens (tertiary/aromatic N) is 3. The lowest BCUT2D eigenvalue weighted by molar-refractivity contribution is 0.102. The standard InChI is InChI=1S/C24H23N5O/c25-17-18-6-2-3-7-22(18)28-24(30)23-16-20(12-13-26-23)27-19-8-10-21(11-9-19)29-14-4-1-5-15-29/h2-3,6-13,16H,1,4-5,14-15H2,(H,26,27)(H,28,30). The van der Waals surface area contributed by atoms with Gasteiger partial charge in [0, 0.05) is 36.3 Å². The van der Waals surface area contributed by atoms with Gasteiger partial charge in [-0.2, -0.15) is 5.26 Å². The number of carbonyl (C=O) groups is 1. The summed E-state index contributed by atoms with van der Waals surface area (Å²) in [7, 11) is 0. The molecule has 0 unspecified atom stereocenters. The second-order valence-electron chi connectivity index (χ2n) is 7.26. The summed E-state index contributed by atoms with van der Waals surface area (Å²) < 4.78 is 0.